The van der Waals surface area contributed by atoms with E-state index in [2.05, 4.69) is 0 Å². The van der Waals surface area contributed by atoms with Crippen LogP contribution >= 0.6 is 23.2 Å². The van der Waals surface area contributed by atoms with Crippen molar-refractivity contribution < 1.29 is 0 Å². The molecule has 4 heteroatoms. The van der Waals surface area contributed by atoms with Gasteiger partial charge in [0.15, 0.2) is 0 Å². The average Bonchev–Trinajstić information content (AvgIpc) is 2.41. The van der Waals surface area contributed by atoms with E-state index in [9.17, 15) is 0 Å². The molecule has 0 aliphatic rings. The van der Waals surface area contributed by atoms with Gasteiger partial charge in [0.2, 0.25) is 0 Å². The number of benzene rings is 2. The summed E-state index contributed by atoms with van der Waals surface area (Å²) in [6.45, 7) is 0. The summed E-state index contributed by atoms with van der Waals surface area (Å²) < 4.78 is 0. The molecule has 88 valence electrons. The van der Waals surface area contributed by atoms with Crippen molar-refractivity contribution in [3.63, 3.8) is 0 Å². The molecule has 0 radical (unpaired) electrons. The van der Waals surface area contributed by atoms with E-state index in [4.69, 9.17) is 33.7 Å². The molecule has 0 aromatic heterocycles. The zero-order valence-corrected chi connectivity index (χ0v) is 10.8. The van der Waals surface area contributed by atoms with E-state index in [1.54, 1.807) is 48.5 Å². The van der Waals surface area contributed by atoms with Crippen molar-refractivity contribution in [2.24, 2.45) is 0 Å². The molecule has 0 bridgehead atoms. The van der Waals surface area contributed by atoms with Gasteiger partial charge in [-0.25, -0.2) is 0 Å². The Balaban J connectivity index is 0.000000180. The van der Waals surface area contributed by atoms with Crippen LogP contribution in [-0.4, -0.2) is 0 Å². The largest absolute Gasteiger partial charge is 0.192 e. The summed E-state index contributed by atoms with van der Waals surface area (Å²) in [7, 11) is 0. The van der Waals surface area contributed by atoms with Crippen LogP contribution in [-0.2, 0) is 0 Å². The molecule has 0 aliphatic heterocycles. The van der Waals surface area contributed by atoms with E-state index >= 15 is 0 Å². The summed E-state index contributed by atoms with van der Waals surface area (Å²) in [6, 6.07) is 17.7. The molecule has 0 fully saturated rings. The lowest BCUT2D eigenvalue weighted by Gasteiger charge is -1.88. The first-order chi connectivity index (χ1) is 8.67. The number of hydrogen-bond donors (Lipinski definition) is 0. The van der Waals surface area contributed by atoms with E-state index in [0.717, 1.165) is 0 Å². The summed E-state index contributed by atoms with van der Waals surface area (Å²) in [4.78, 5) is 0. The first-order valence-electron chi connectivity index (χ1n) is 4.97. The van der Waals surface area contributed by atoms with Gasteiger partial charge in [-0.05, 0) is 36.4 Å². The molecule has 0 spiro atoms. The lowest BCUT2D eigenvalue weighted by Crippen LogP contribution is -1.71. The standard InChI is InChI=1S/2C7H4ClN/c8-7-3-1-6(5-9)2-4-7;8-7-4-2-1-3-6(7)5-9/h2*1-4H. The lowest BCUT2D eigenvalue weighted by atomic mass is 10.2. The molecule has 2 rings (SSSR count). The minimum atomic E-state index is 0.514. The molecule has 2 aromatic carbocycles. The van der Waals surface area contributed by atoms with Gasteiger partial charge >= 0.3 is 0 Å². The Hall–Kier alpha value is -2.00. The summed E-state index contributed by atoms with van der Waals surface area (Å²) in [5, 5.41) is 17.9. The zero-order chi connectivity index (χ0) is 13.4. The van der Waals surface area contributed by atoms with Gasteiger partial charge in [0.1, 0.15) is 6.07 Å². The van der Waals surface area contributed by atoms with Crippen molar-refractivity contribution in [3.05, 3.63) is 69.7 Å². The van der Waals surface area contributed by atoms with E-state index < -0.39 is 0 Å². The van der Waals surface area contributed by atoms with Gasteiger partial charge in [-0.1, -0.05) is 35.3 Å². The lowest BCUT2D eigenvalue weighted by molar-refractivity contribution is 1.48. The molecular formula is C14H8Cl2N2. The van der Waals surface area contributed by atoms with E-state index in [-0.39, 0.29) is 0 Å². The second-order valence-corrected chi connectivity index (χ2v) is 4.05. The van der Waals surface area contributed by atoms with Crippen molar-refractivity contribution >= 4 is 23.2 Å². The topological polar surface area (TPSA) is 47.6 Å². The molecule has 0 atom stereocenters. The quantitative estimate of drug-likeness (QED) is 0.714. The van der Waals surface area contributed by atoms with Crippen LogP contribution in [0.25, 0.3) is 0 Å². The van der Waals surface area contributed by atoms with Crippen molar-refractivity contribution in [3.8, 4) is 12.1 Å². The van der Waals surface area contributed by atoms with Gasteiger partial charge in [0.25, 0.3) is 0 Å². The van der Waals surface area contributed by atoms with Crippen LogP contribution in [0.2, 0.25) is 10.0 Å². The van der Waals surface area contributed by atoms with Crippen LogP contribution in [0.3, 0.4) is 0 Å². The normalized spacial score (nSPS) is 8.44. The summed E-state index contributed by atoms with van der Waals surface area (Å²) in [5.74, 6) is 0. The van der Waals surface area contributed by atoms with Crippen molar-refractivity contribution in [1.82, 2.24) is 0 Å². The van der Waals surface area contributed by atoms with Gasteiger partial charge in [-0.2, -0.15) is 10.5 Å². The van der Waals surface area contributed by atoms with Crippen LogP contribution < -0.4 is 0 Å². The number of nitrogens with zero attached hydrogens (tertiary/aromatic N) is 2. The average molecular weight is 275 g/mol. The maximum absolute atomic E-state index is 8.38. The number of hydrogen-bond acceptors (Lipinski definition) is 2. The summed E-state index contributed by atoms with van der Waals surface area (Å²) in [6.07, 6.45) is 0. The molecule has 0 saturated heterocycles. The van der Waals surface area contributed by atoms with Gasteiger partial charge in [-0.15, -0.1) is 0 Å². The second kappa shape index (κ2) is 7.35. The van der Waals surface area contributed by atoms with E-state index in [0.29, 0.717) is 21.2 Å². The Kier molecular flexibility index (Phi) is 5.74. The molecule has 0 N–H and O–H groups in total. The predicted molar refractivity (Wildman–Crippen MR) is 72.3 cm³/mol. The van der Waals surface area contributed by atoms with Crippen molar-refractivity contribution in [2.45, 2.75) is 0 Å². The molecule has 0 aliphatic carbocycles. The van der Waals surface area contributed by atoms with E-state index in [1.807, 2.05) is 12.1 Å². The van der Waals surface area contributed by atoms with Crippen LogP contribution in [0.4, 0.5) is 0 Å². The Bertz CT molecular complexity index is 592. The second-order valence-electron chi connectivity index (χ2n) is 3.21. The van der Waals surface area contributed by atoms with E-state index in [1.165, 1.54) is 0 Å². The van der Waals surface area contributed by atoms with Crippen LogP contribution in [0.1, 0.15) is 11.1 Å². The Morgan fingerprint density at radius 1 is 0.778 bits per heavy atom. The SMILES string of the molecule is N#Cc1ccc(Cl)cc1.N#Cc1ccccc1Cl. The number of rotatable bonds is 0. The van der Waals surface area contributed by atoms with Crippen LogP contribution in [0.5, 0.6) is 0 Å². The molecule has 0 amide bonds. The highest BCUT2D eigenvalue weighted by Crippen LogP contribution is 2.12. The minimum absolute atomic E-state index is 0.514. The zero-order valence-electron chi connectivity index (χ0n) is 9.27. The number of nitriles is 2. The fraction of sp³-hybridized carbons (Fsp3) is 0. The molecule has 2 nitrogen and oxygen atoms in total. The molecule has 0 heterocycles. The Morgan fingerprint density at radius 3 is 1.83 bits per heavy atom. The van der Waals surface area contributed by atoms with Crippen LogP contribution in [0.15, 0.2) is 48.5 Å². The highest BCUT2D eigenvalue weighted by Gasteiger charge is 1.92. The summed E-state index contributed by atoms with van der Waals surface area (Å²) in [5.41, 5.74) is 1.17. The molecule has 2 aromatic rings. The van der Waals surface area contributed by atoms with Crippen molar-refractivity contribution in [2.75, 3.05) is 0 Å². The smallest absolute Gasteiger partial charge is 0.101 e. The maximum Gasteiger partial charge on any atom is 0.101 e. The first-order valence-corrected chi connectivity index (χ1v) is 5.73. The molecule has 0 saturated carbocycles. The monoisotopic (exact) mass is 274 g/mol. The molecule has 0 unspecified atom stereocenters. The van der Waals surface area contributed by atoms with Gasteiger partial charge in [0, 0.05) is 5.02 Å². The highest BCUT2D eigenvalue weighted by molar-refractivity contribution is 6.31. The fourth-order valence-corrected chi connectivity index (χ4v) is 1.38. The van der Waals surface area contributed by atoms with Gasteiger partial charge in [-0.3, -0.25) is 0 Å². The Morgan fingerprint density at radius 2 is 1.39 bits per heavy atom. The van der Waals surface area contributed by atoms with Crippen molar-refractivity contribution in [1.29, 1.82) is 10.5 Å². The van der Waals surface area contributed by atoms with Crippen LogP contribution in [0, 0.1) is 22.7 Å². The third-order valence-corrected chi connectivity index (χ3v) is 2.55. The Labute approximate surface area is 116 Å². The number of halogens is 2. The van der Waals surface area contributed by atoms with Gasteiger partial charge in [0.05, 0.1) is 22.2 Å². The third kappa shape index (κ3) is 4.47. The molecule has 18 heavy (non-hydrogen) atoms. The fourth-order valence-electron chi connectivity index (χ4n) is 1.08. The van der Waals surface area contributed by atoms with Gasteiger partial charge < -0.3 is 0 Å². The third-order valence-electron chi connectivity index (χ3n) is 1.97. The highest BCUT2D eigenvalue weighted by atomic mass is 35.5. The molecular weight excluding hydrogens is 267 g/mol. The maximum atomic E-state index is 8.38. The summed E-state index contributed by atoms with van der Waals surface area (Å²) >= 11 is 11.2. The first kappa shape index (κ1) is 14.1. The predicted octanol–water partition coefficient (Wildman–Crippen LogP) is 4.42. The minimum Gasteiger partial charge on any atom is -0.192 e.